The Morgan fingerprint density at radius 1 is 1.24 bits per heavy atom. The maximum Gasteiger partial charge on any atom is 0.234 e. The molecule has 6 heteroatoms. The molecule has 0 bridgehead atoms. The molecule has 1 amide bonds. The molecule has 2 aliphatic rings. The first-order chi connectivity index (χ1) is 9.80. The van der Waals surface area contributed by atoms with Crippen LogP contribution in [0.3, 0.4) is 0 Å². The second kappa shape index (κ2) is 6.65. The number of carbonyl (C=O) groups is 1. The third-order valence-electron chi connectivity index (χ3n) is 4.79. The van der Waals surface area contributed by atoms with Crippen molar-refractivity contribution in [3.05, 3.63) is 0 Å². The minimum absolute atomic E-state index is 0.0543. The number of amides is 1. The highest BCUT2D eigenvalue weighted by Crippen LogP contribution is 2.23. The Morgan fingerprint density at radius 2 is 1.86 bits per heavy atom. The zero-order chi connectivity index (χ0) is 15.5. The molecule has 1 saturated heterocycles. The van der Waals surface area contributed by atoms with E-state index in [1.807, 2.05) is 14.0 Å². The van der Waals surface area contributed by atoms with Crippen LogP contribution in [0.2, 0.25) is 0 Å². The van der Waals surface area contributed by atoms with Crippen LogP contribution in [-0.2, 0) is 14.6 Å². The van der Waals surface area contributed by atoms with E-state index in [9.17, 15) is 13.2 Å². The monoisotopic (exact) mass is 316 g/mol. The number of hydrogen-bond acceptors (Lipinski definition) is 4. The molecule has 2 fully saturated rings. The molecule has 1 heterocycles. The smallest absolute Gasteiger partial charge is 0.234 e. The van der Waals surface area contributed by atoms with Gasteiger partial charge in [-0.1, -0.05) is 25.7 Å². The molecule has 21 heavy (non-hydrogen) atoms. The van der Waals surface area contributed by atoms with E-state index in [1.165, 1.54) is 25.7 Å². The summed E-state index contributed by atoms with van der Waals surface area (Å²) in [5.41, 5.74) is -0.583. The molecule has 0 aromatic carbocycles. The van der Waals surface area contributed by atoms with Gasteiger partial charge in [-0.05, 0) is 33.2 Å². The van der Waals surface area contributed by atoms with Gasteiger partial charge in [0.15, 0.2) is 9.84 Å². The second-order valence-electron chi connectivity index (χ2n) is 7.01. The van der Waals surface area contributed by atoms with E-state index in [0.717, 1.165) is 12.8 Å². The van der Waals surface area contributed by atoms with Crippen LogP contribution in [0.5, 0.6) is 0 Å². The lowest BCUT2D eigenvalue weighted by molar-refractivity contribution is -0.124. The maximum atomic E-state index is 12.2. The van der Waals surface area contributed by atoms with E-state index in [0.29, 0.717) is 19.0 Å². The van der Waals surface area contributed by atoms with Crippen LogP contribution >= 0.6 is 0 Å². The maximum absolute atomic E-state index is 12.2. The molecule has 0 aromatic heterocycles. The molecule has 1 saturated carbocycles. The first-order valence-corrected chi connectivity index (χ1v) is 9.83. The lowest BCUT2D eigenvalue weighted by atomic mass is 10.0. The topological polar surface area (TPSA) is 66.5 Å². The summed E-state index contributed by atoms with van der Waals surface area (Å²) in [6, 6.07) is 0.485. The van der Waals surface area contributed by atoms with Gasteiger partial charge in [-0.25, -0.2) is 8.42 Å². The Balaban J connectivity index is 1.83. The van der Waals surface area contributed by atoms with Gasteiger partial charge in [0, 0.05) is 6.04 Å². The number of nitrogens with one attached hydrogen (secondary N) is 1. The summed E-state index contributed by atoms with van der Waals surface area (Å²) in [5, 5.41) is 2.94. The average Bonchev–Trinajstić information content (AvgIpc) is 2.59. The van der Waals surface area contributed by atoms with Gasteiger partial charge in [-0.3, -0.25) is 9.69 Å². The second-order valence-corrected chi connectivity index (χ2v) is 9.20. The largest absolute Gasteiger partial charge is 0.349 e. The summed E-state index contributed by atoms with van der Waals surface area (Å²) in [6.07, 6.45) is 7.93. The molecule has 1 N–H and O–H groups in total. The molecule has 122 valence electrons. The number of carbonyl (C=O) groups excluding carboxylic acids is 1. The summed E-state index contributed by atoms with van der Waals surface area (Å²) in [6.45, 7) is 2.20. The average molecular weight is 316 g/mol. The van der Waals surface area contributed by atoms with Crippen molar-refractivity contribution in [3.63, 3.8) is 0 Å². The Hall–Kier alpha value is -0.620. The summed E-state index contributed by atoms with van der Waals surface area (Å²) >= 11 is 0. The van der Waals surface area contributed by atoms with Crippen LogP contribution in [0, 0.1) is 0 Å². The van der Waals surface area contributed by atoms with Crippen LogP contribution in [0.1, 0.15) is 51.9 Å². The van der Waals surface area contributed by atoms with Gasteiger partial charge >= 0.3 is 0 Å². The lowest BCUT2D eigenvalue weighted by Gasteiger charge is -2.29. The van der Waals surface area contributed by atoms with Gasteiger partial charge in [0.25, 0.3) is 0 Å². The molecule has 1 aliphatic heterocycles. The van der Waals surface area contributed by atoms with Crippen molar-refractivity contribution in [2.45, 2.75) is 63.5 Å². The van der Waals surface area contributed by atoms with E-state index in [1.54, 1.807) is 0 Å². The van der Waals surface area contributed by atoms with Gasteiger partial charge in [-0.15, -0.1) is 0 Å². The van der Waals surface area contributed by atoms with Crippen molar-refractivity contribution >= 4 is 15.7 Å². The van der Waals surface area contributed by atoms with Gasteiger partial charge in [0.1, 0.15) is 0 Å². The van der Waals surface area contributed by atoms with Crippen molar-refractivity contribution in [2.24, 2.45) is 0 Å². The van der Waals surface area contributed by atoms with E-state index in [2.05, 4.69) is 10.2 Å². The number of sulfone groups is 1. The zero-order valence-electron chi connectivity index (χ0n) is 13.2. The van der Waals surface area contributed by atoms with E-state index < -0.39 is 15.4 Å². The minimum Gasteiger partial charge on any atom is -0.349 e. The van der Waals surface area contributed by atoms with Crippen molar-refractivity contribution in [3.8, 4) is 0 Å². The number of likely N-dealkylation sites (N-methyl/N-ethyl adjacent to an activating group) is 1. The normalized spacial score (nSPS) is 30.2. The minimum atomic E-state index is -2.98. The Labute approximate surface area is 128 Å². The molecular formula is C15H28N2O3S. The van der Waals surface area contributed by atoms with Crippen molar-refractivity contribution in [1.29, 1.82) is 0 Å². The highest BCUT2D eigenvalue weighted by Gasteiger charge is 2.39. The fourth-order valence-electron chi connectivity index (χ4n) is 3.54. The summed E-state index contributed by atoms with van der Waals surface area (Å²) in [7, 11) is -0.978. The fraction of sp³-hybridized carbons (Fsp3) is 0.933. The highest BCUT2D eigenvalue weighted by atomic mass is 32.2. The lowest BCUT2D eigenvalue weighted by Crippen LogP contribution is -2.51. The van der Waals surface area contributed by atoms with Crippen LogP contribution in [0.25, 0.3) is 0 Å². The number of rotatable bonds is 4. The summed E-state index contributed by atoms with van der Waals surface area (Å²) in [5.74, 6) is 0.197. The molecule has 2 rings (SSSR count). The highest BCUT2D eigenvalue weighted by molar-refractivity contribution is 7.91. The first-order valence-electron chi connectivity index (χ1n) is 8.01. The molecule has 1 aliphatic carbocycles. The number of nitrogens with zero attached hydrogens (tertiary/aromatic N) is 1. The fourth-order valence-corrected chi connectivity index (χ4v) is 5.63. The predicted octanol–water partition coefficient (Wildman–Crippen LogP) is 1.33. The Morgan fingerprint density at radius 3 is 2.38 bits per heavy atom. The third kappa shape index (κ3) is 4.95. The standard InChI is InChI=1S/C15H28N2O3S/c1-15(9-10-21(19,20)12-15)16-14(18)11-17(2)13-7-5-3-4-6-8-13/h13H,3-12H2,1-2H3,(H,16,18)/t15-/m1/s1. The van der Waals surface area contributed by atoms with E-state index in [4.69, 9.17) is 0 Å². The summed E-state index contributed by atoms with van der Waals surface area (Å²) < 4.78 is 23.1. The van der Waals surface area contributed by atoms with Gasteiger partial charge in [0.2, 0.25) is 5.91 Å². The molecular weight excluding hydrogens is 288 g/mol. The first kappa shape index (κ1) is 16.7. The third-order valence-corrected chi connectivity index (χ3v) is 6.69. The van der Waals surface area contributed by atoms with Crippen LogP contribution in [-0.4, -0.2) is 55.9 Å². The van der Waals surface area contributed by atoms with Gasteiger partial charge < -0.3 is 5.32 Å². The quantitative estimate of drug-likeness (QED) is 0.795. The van der Waals surface area contributed by atoms with Crippen molar-refractivity contribution < 1.29 is 13.2 Å². The molecule has 5 nitrogen and oxygen atoms in total. The van der Waals surface area contributed by atoms with Crippen LogP contribution in [0.4, 0.5) is 0 Å². The predicted molar refractivity (Wildman–Crippen MR) is 83.9 cm³/mol. The molecule has 0 aromatic rings. The molecule has 0 spiro atoms. The van der Waals surface area contributed by atoms with E-state index >= 15 is 0 Å². The van der Waals surface area contributed by atoms with Crippen LogP contribution in [0.15, 0.2) is 0 Å². The number of hydrogen-bond donors (Lipinski definition) is 1. The summed E-state index contributed by atoms with van der Waals surface area (Å²) in [4.78, 5) is 14.3. The van der Waals surface area contributed by atoms with Gasteiger partial charge in [-0.2, -0.15) is 0 Å². The SMILES string of the molecule is CN(CC(=O)N[C@]1(C)CCS(=O)(=O)C1)C1CCCCCC1. The molecule has 0 radical (unpaired) electrons. The van der Waals surface area contributed by atoms with Crippen LogP contribution < -0.4 is 5.32 Å². The van der Waals surface area contributed by atoms with Crippen molar-refractivity contribution in [2.75, 3.05) is 25.1 Å². The van der Waals surface area contributed by atoms with Gasteiger partial charge in [0.05, 0.1) is 23.6 Å². The van der Waals surface area contributed by atoms with E-state index in [-0.39, 0.29) is 17.4 Å². The molecule has 0 unspecified atom stereocenters. The molecule has 1 atom stereocenters. The zero-order valence-corrected chi connectivity index (χ0v) is 14.0. The Bertz CT molecular complexity index is 469. The Kier molecular flexibility index (Phi) is 5.30. The van der Waals surface area contributed by atoms with Crippen molar-refractivity contribution in [1.82, 2.24) is 10.2 Å².